The Kier molecular flexibility index (Phi) is 2.10. The highest BCUT2D eigenvalue weighted by Gasteiger charge is 2.66. The van der Waals surface area contributed by atoms with Gasteiger partial charge in [-0.2, -0.15) is 0 Å². The highest BCUT2D eigenvalue weighted by Crippen LogP contribution is 2.70. The van der Waals surface area contributed by atoms with Gasteiger partial charge in [0.2, 0.25) is 0 Å². The molecule has 5 aliphatic rings. The topological polar surface area (TPSA) is 20.2 Å². The van der Waals surface area contributed by atoms with Crippen LogP contribution in [-0.2, 0) is 0 Å². The van der Waals surface area contributed by atoms with E-state index in [0.717, 1.165) is 53.8 Å². The van der Waals surface area contributed by atoms with Gasteiger partial charge < -0.3 is 5.11 Å². The molecule has 0 aromatic heterocycles. The van der Waals surface area contributed by atoms with E-state index in [4.69, 9.17) is 0 Å². The van der Waals surface area contributed by atoms with Gasteiger partial charge in [-0.15, -0.1) is 0 Å². The average molecular weight is 246 g/mol. The number of fused-ring (bicyclic) bond motifs is 7. The summed E-state index contributed by atoms with van der Waals surface area (Å²) >= 11 is 0. The molecule has 8 unspecified atom stereocenters. The van der Waals surface area contributed by atoms with Crippen molar-refractivity contribution in [3.05, 3.63) is 0 Å². The number of hydrogen-bond acceptors (Lipinski definition) is 1. The summed E-state index contributed by atoms with van der Waals surface area (Å²) in [6.07, 6.45) is 11.7. The third-order valence-electron chi connectivity index (χ3n) is 7.67. The maximum Gasteiger partial charge on any atom is 0.0576 e. The van der Waals surface area contributed by atoms with Crippen LogP contribution >= 0.6 is 0 Å². The molecule has 0 amide bonds. The summed E-state index contributed by atoms with van der Waals surface area (Å²) in [5.41, 5.74) is 0. The van der Waals surface area contributed by atoms with Gasteiger partial charge in [0.15, 0.2) is 0 Å². The standard InChI is InChI=1S/C17H26O/c18-14(8-13-6-9-1-2-10(13)5-9)17-15-11-3-4-12(7-11)16(15)17/h9-18H,1-8H2. The minimum atomic E-state index is 0.0766. The first-order chi connectivity index (χ1) is 8.81. The summed E-state index contributed by atoms with van der Waals surface area (Å²) in [5, 5.41) is 10.6. The molecule has 0 heterocycles. The lowest BCUT2D eigenvalue weighted by Gasteiger charge is -2.25. The van der Waals surface area contributed by atoms with E-state index in [1.165, 1.54) is 44.9 Å². The molecule has 0 spiro atoms. The fourth-order valence-electron chi connectivity index (χ4n) is 7.04. The Morgan fingerprint density at radius 2 is 1.56 bits per heavy atom. The number of aliphatic hydroxyl groups is 1. The van der Waals surface area contributed by atoms with Crippen molar-refractivity contribution in [1.29, 1.82) is 0 Å². The second-order valence-electron chi connectivity index (χ2n) is 8.30. The van der Waals surface area contributed by atoms with Gasteiger partial charge in [-0.05, 0) is 92.3 Å². The van der Waals surface area contributed by atoms with Crippen LogP contribution < -0.4 is 0 Å². The highest BCUT2D eigenvalue weighted by molar-refractivity contribution is 5.14. The molecule has 8 atom stereocenters. The Morgan fingerprint density at radius 3 is 2.17 bits per heavy atom. The van der Waals surface area contributed by atoms with E-state index in [9.17, 15) is 5.11 Å². The molecule has 0 radical (unpaired) electrons. The Balaban J connectivity index is 1.24. The van der Waals surface area contributed by atoms with Crippen LogP contribution in [-0.4, -0.2) is 11.2 Å². The van der Waals surface area contributed by atoms with Crippen molar-refractivity contribution in [1.82, 2.24) is 0 Å². The number of hydrogen-bond donors (Lipinski definition) is 1. The van der Waals surface area contributed by atoms with Gasteiger partial charge >= 0.3 is 0 Å². The summed E-state index contributed by atoms with van der Waals surface area (Å²) in [7, 11) is 0. The molecule has 100 valence electrons. The maximum atomic E-state index is 10.6. The fourth-order valence-corrected chi connectivity index (χ4v) is 7.04. The number of rotatable bonds is 3. The molecule has 4 bridgehead atoms. The van der Waals surface area contributed by atoms with Gasteiger partial charge in [0.25, 0.3) is 0 Å². The van der Waals surface area contributed by atoms with Crippen molar-refractivity contribution in [2.24, 2.45) is 47.3 Å². The van der Waals surface area contributed by atoms with Crippen molar-refractivity contribution in [3.63, 3.8) is 0 Å². The van der Waals surface area contributed by atoms with Crippen molar-refractivity contribution < 1.29 is 5.11 Å². The summed E-state index contributed by atoms with van der Waals surface area (Å²) in [5.74, 6) is 7.68. The largest absolute Gasteiger partial charge is 0.393 e. The first-order valence-electron chi connectivity index (χ1n) is 8.49. The van der Waals surface area contributed by atoms with Crippen LogP contribution in [0, 0.1) is 47.3 Å². The monoisotopic (exact) mass is 246 g/mol. The van der Waals surface area contributed by atoms with E-state index in [0.29, 0.717) is 0 Å². The van der Waals surface area contributed by atoms with Crippen LogP contribution in [0.5, 0.6) is 0 Å². The Bertz CT molecular complexity index is 349. The predicted octanol–water partition coefficient (Wildman–Crippen LogP) is 3.47. The highest BCUT2D eigenvalue weighted by atomic mass is 16.3. The first kappa shape index (κ1) is 10.7. The third-order valence-corrected chi connectivity index (χ3v) is 7.67. The van der Waals surface area contributed by atoms with Crippen molar-refractivity contribution in [3.8, 4) is 0 Å². The summed E-state index contributed by atoms with van der Waals surface area (Å²) in [6, 6.07) is 0. The van der Waals surface area contributed by atoms with E-state index < -0.39 is 0 Å². The fraction of sp³-hybridized carbons (Fsp3) is 1.00. The van der Waals surface area contributed by atoms with Gasteiger partial charge in [0, 0.05) is 0 Å². The average Bonchev–Trinajstić information content (AvgIpc) is 2.85. The molecule has 0 aliphatic heterocycles. The van der Waals surface area contributed by atoms with E-state index in [2.05, 4.69) is 0 Å². The molecule has 5 saturated carbocycles. The van der Waals surface area contributed by atoms with Crippen molar-refractivity contribution in [2.45, 2.75) is 57.5 Å². The van der Waals surface area contributed by atoms with Crippen LogP contribution in [0.15, 0.2) is 0 Å². The smallest absolute Gasteiger partial charge is 0.0576 e. The molecule has 5 aliphatic carbocycles. The third kappa shape index (κ3) is 1.32. The molecule has 5 fully saturated rings. The molecule has 1 nitrogen and oxygen atoms in total. The van der Waals surface area contributed by atoms with Gasteiger partial charge in [-0.3, -0.25) is 0 Å². The SMILES string of the molecule is OC(CC1CC2CCC1C2)C1C2C3CCC(C3)C12. The molecule has 18 heavy (non-hydrogen) atoms. The summed E-state index contributed by atoms with van der Waals surface area (Å²) in [4.78, 5) is 0. The number of aliphatic hydroxyl groups excluding tert-OH is 1. The first-order valence-corrected chi connectivity index (χ1v) is 8.49. The van der Waals surface area contributed by atoms with Gasteiger partial charge in [-0.1, -0.05) is 6.42 Å². The van der Waals surface area contributed by atoms with E-state index in [1.807, 2.05) is 0 Å². The maximum absolute atomic E-state index is 10.6. The summed E-state index contributed by atoms with van der Waals surface area (Å²) < 4.78 is 0. The van der Waals surface area contributed by atoms with Crippen molar-refractivity contribution >= 4 is 0 Å². The van der Waals surface area contributed by atoms with Crippen LogP contribution in [0.25, 0.3) is 0 Å². The minimum absolute atomic E-state index is 0.0766. The predicted molar refractivity (Wildman–Crippen MR) is 70.9 cm³/mol. The second kappa shape index (κ2) is 3.53. The Morgan fingerprint density at radius 1 is 0.833 bits per heavy atom. The Labute approximate surface area is 110 Å². The minimum Gasteiger partial charge on any atom is -0.393 e. The van der Waals surface area contributed by atoms with E-state index in [1.54, 1.807) is 0 Å². The lowest BCUT2D eigenvalue weighted by atomic mass is 9.83. The van der Waals surface area contributed by atoms with Crippen LogP contribution in [0.1, 0.15) is 51.4 Å². The summed E-state index contributed by atoms with van der Waals surface area (Å²) in [6.45, 7) is 0. The van der Waals surface area contributed by atoms with Crippen molar-refractivity contribution in [2.75, 3.05) is 0 Å². The van der Waals surface area contributed by atoms with Gasteiger partial charge in [0.1, 0.15) is 0 Å². The second-order valence-corrected chi connectivity index (χ2v) is 8.30. The van der Waals surface area contributed by atoms with Crippen LogP contribution in [0.4, 0.5) is 0 Å². The molecular weight excluding hydrogens is 220 g/mol. The molecule has 0 aromatic carbocycles. The molecule has 0 aromatic rings. The zero-order chi connectivity index (χ0) is 11.9. The zero-order valence-electron chi connectivity index (χ0n) is 11.3. The molecular formula is C17H26O. The van der Waals surface area contributed by atoms with Crippen LogP contribution in [0.2, 0.25) is 0 Å². The van der Waals surface area contributed by atoms with Gasteiger partial charge in [0.05, 0.1) is 6.10 Å². The molecule has 0 saturated heterocycles. The normalized spacial score (nSPS) is 61.2. The Hall–Kier alpha value is -0.0400. The quantitative estimate of drug-likeness (QED) is 0.808. The molecule has 1 heteroatoms. The van der Waals surface area contributed by atoms with E-state index >= 15 is 0 Å². The lowest BCUT2D eigenvalue weighted by molar-refractivity contribution is 0.0881. The van der Waals surface area contributed by atoms with Gasteiger partial charge in [-0.25, -0.2) is 0 Å². The molecule has 5 rings (SSSR count). The van der Waals surface area contributed by atoms with Crippen LogP contribution in [0.3, 0.4) is 0 Å². The van der Waals surface area contributed by atoms with E-state index in [-0.39, 0.29) is 6.10 Å². The lowest BCUT2D eigenvalue weighted by Crippen LogP contribution is -2.22. The zero-order valence-corrected chi connectivity index (χ0v) is 11.3. The molecule has 1 N–H and O–H groups in total.